The SMILES string of the molecule is Cc1cnn(-c2cc(-c3cccc4cccnc34)ncn2)c1. The van der Waals surface area contributed by atoms with Crippen LogP contribution < -0.4 is 0 Å². The second-order valence-electron chi connectivity index (χ2n) is 5.10. The van der Waals surface area contributed by atoms with Gasteiger partial charge in [-0.15, -0.1) is 0 Å². The van der Waals surface area contributed by atoms with Gasteiger partial charge in [-0.1, -0.05) is 24.3 Å². The van der Waals surface area contributed by atoms with Gasteiger partial charge < -0.3 is 0 Å². The lowest BCUT2D eigenvalue weighted by molar-refractivity contribution is 0.840. The fourth-order valence-electron chi connectivity index (χ4n) is 2.47. The molecule has 0 spiro atoms. The van der Waals surface area contributed by atoms with Gasteiger partial charge in [0.05, 0.1) is 17.4 Å². The molecule has 1 aromatic carbocycles. The number of fused-ring (bicyclic) bond motifs is 1. The van der Waals surface area contributed by atoms with Gasteiger partial charge in [-0.05, 0) is 18.6 Å². The Morgan fingerprint density at radius 2 is 1.91 bits per heavy atom. The van der Waals surface area contributed by atoms with Crippen molar-refractivity contribution in [1.29, 1.82) is 0 Å². The predicted octanol–water partition coefficient (Wildman–Crippen LogP) is 3.19. The van der Waals surface area contributed by atoms with Gasteiger partial charge in [-0.2, -0.15) is 5.10 Å². The standard InChI is InChI=1S/C17H13N5/c1-12-9-21-22(10-12)16-8-15(19-11-20-16)14-6-2-4-13-5-3-7-18-17(13)14/h2-11H,1H3. The van der Waals surface area contributed by atoms with E-state index in [2.05, 4.69) is 20.1 Å². The molecule has 0 N–H and O–H groups in total. The summed E-state index contributed by atoms with van der Waals surface area (Å²) in [5.41, 5.74) is 3.85. The second-order valence-corrected chi connectivity index (χ2v) is 5.10. The number of rotatable bonds is 2. The summed E-state index contributed by atoms with van der Waals surface area (Å²) in [4.78, 5) is 13.2. The summed E-state index contributed by atoms with van der Waals surface area (Å²) in [7, 11) is 0. The molecule has 3 aromatic heterocycles. The Morgan fingerprint density at radius 1 is 1.00 bits per heavy atom. The Labute approximate surface area is 127 Å². The topological polar surface area (TPSA) is 56.5 Å². The molecule has 0 aliphatic carbocycles. The van der Waals surface area contributed by atoms with Crippen molar-refractivity contribution >= 4 is 10.9 Å². The van der Waals surface area contributed by atoms with Gasteiger partial charge in [0.15, 0.2) is 5.82 Å². The highest BCUT2D eigenvalue weighted by Crippen LogP contribution is 2.25. The highest BCUT2D eigenvalue weighted by Gasteiger charge is 2.08. The minimum Gasteiger partial charge on any atom is -0.256 e. The van der Waals surface area contributed by atoms with E-state index in [9.17, 15) is 0 Å². The number of benzene rings is 1. The van der Waals surface area contributed by atoms with E-state index in [-0.39, 0.29) is 0 Å². The third-order valence-electron chi connectivity index (χ3n) is 3.51. The van der Waals surface area contributed by atoms with Crippen molar-refractivity contribution in [1.82, 2.24) is 24.7 Å². The van der Waals surface area contributed by atoms with E-state index in [1.54, 1.807) is 23.4 Å². The van der Waals surface area contributed by atoms with E-state index >= 15 is 0 Å². The maximum atomic E-state index is 4.48. The van der Waals surface area contributed by atoms with E-state index < -0.39 is 0 Å². The van der Waals surface area contributed by atoms with E-state index in [1.165, 1.54) is 0 Å². The van der Waals surface area contributed by atoms with Crippen LogP contribution in [0.15, 0.2) is 61.3 Å². The average molecular weight is 287 g/mol. The molecule has 5 heteroatoms. The second kappa shape index (κ2) is 5.04. The van der Waals surface area contributed by atoms with Crippen molar-refractivity contribution < 1.29 is 0 Å². The maximum Gasteiger partial charge on any atom is 0.157 e. The molecule has 4 rings (SSSR count). The molecule has 0 unspecified atom stereocenters. The predicted molar refractivity (Wildman–Crippen MR) is 84.6 cm³/mol. The summed E-state index contributed by atoms with van der Waals surface area (Å²) < 4.78 is 1.75. The molecule has 22 heavy (non-hydrogen) atoms. The summed E-state index contributed by atoms with van der Waals surface area (Å²) >= 11 is 0. The zero-order valence-corrected chi connectivity index (χ0v) is 12.0. The molecule has 0 saturated heterocycles. The van der Waals surface area contributed by atoms with Crippen molar-refractivity contribution in [2.45, 2.75) is 6.92 Å². The highest BCUT2D eigenvalue weighted by atomic mass is 15.3. The molecule has 0 saturated carbocycles. The summed E-state index contributed by atoms with van der Waals surface area (Å²) in [6.45, 7) is 2.00. The lowest BCUT2D eigenvalue weighted by Gasteiger charge is -2.06. The fourth-order valence-corrected chi connectivity index (χ4v) is 2.47. The van der Waals surface area contributed by atoms with Crippen LogP contribution in [0.2, 0.25) is 0 Å². The van der Waals surface area contributed by atoms with Gasteiger partial charge in [-0.3, -0.25) is 4.98 Å². The van der Waals surface area contributed by atoms with Gasteiger partial charge in [0.1, 0.15) is 6.33 Å². The summed E-state index contributed by atoms with van der Waals surface area (Å²) in [6, 6.07) is 12.0. The third-order valence-corrected chi connectivity index (χ3v) is 3.51. The minimum atomic E-state index is 0.742. The molecule has 0 radical (unpaired) electrons. The zero-order chi connectivity index (χ0) is 14.9. The van der Waals surface area contributed by atoms with Crippen LogP contribution in [0, 0.1) is 6.92 Å². The van der Waals surface area contributed by atoms with Crippen molar-refractivity contribution in [2.75, 3.05) is 0 Å². The van der Waals surface area contributed by atoms with Crippen LogP contribution >= 0.6 is 0 Å². The van der Waals surface area contributed by atoms with E-state index in [1.807, 2.05) is 49.5 Å². The lowest BCUT2D eigenvalue weighted by Crippen LogP contribution is -1.99. The number of para-hydroxylation sites is 1. The Morgan fingerprint density at radius 3 is 2.77 bits per heavy atom. The lowest BCUT2D eigenvalue weighted by atomic mass is 10.1. The van der Waals surface area contributed by atoms with Crippen LogP contribution in [0.4, 0.5) is 0 Å². The maximum absolute atomic E-state index is 4.48. The first-order valence-electron chi connectivity index (χ1n) is 6.99. The smallest absolute Gasteiger partial charge is 0.157 e. The van der Waals surface area contributed by atoms with Gasteiger partial charge in [0.25, 0.3) is 0 Å². The van der Waals surface area contributed by atoms with Crippen LogP contribution in [0.5, 0.6) is 0 Å². The van der Waals surface area contributed by atoms with Crippen molar-refractivity contribution in [3.63, 3.8) is 0 Å². The van der Waals surface area contributed by atoms with Crippen molar-refractivity contribution in [3.8, 4) is 17.1 Å². The first-order valence-corrected chi connectivity index (χ1v) is 6.99. The number of hydrogen-bond acceptors (Lipinski definition) is 4. The number of aromatic nitrogens is 5. The molecule has 0 aliphatic heterocycles. The summed E-state index contributed by atoms with van der Waals surface area (Å²) in [5, 5.41) is 5.39. The molecule has 0 amide bonds. The van der Waals surface area contributed by atoms with Gasteiger partial charge in [0, 0.05) is 29.4 Å². The molecule has 0 aliphatic rings. The number of pyridine rings is 1. The Hall–Kier alpha value is -3.08. The molecular formula is C17H13N5. The minimum absolute atomic E-state index is 0.742. The van der Waals surface area contributed by atoms with E-state index in [0.29, 0.717) is 0 Å². The summed E-state index contributed by atoms with van der Waals surface area (Å²) in [5.74, 6) is 0.742. The Bertz CT molecular complexity index is 953. The Balaban J connectivity index is 1.89. The molecule has 0 atom stereocenters. The molecule has 4 aromatic rings. The van der Waals surface area contributed by atoms with Crippen LogP contribution in [0.3, 0.4) is 0 Å². The van der Waals surface area contributed by atoms with Gasteiger partial charge in [-0.25, -0.2) is 14.6 Å². The quantitative estimate of drug-likeness (QED) is 0.568. The van der Waals surface area contributed by atoms with Crippen LogP contribution in [0.1, 0.15) is 5.56 Å². The number of nitrogens with zero attached hydrogens (tertiary/aromatic N) is 5. The third kappa shape index (κ3) is 2.13. The normalized spacial score (nSPS) is 11.0. The largest absolute Gasteiger partial charge is 0.256 e. The Kier molecular flexibility index (Phi) is 2.89. The molecule has 5 nitrogen and oxygen atoms in total. The van der Waals surface area contributed by atoms with E-state index in [4.69, 9.17) is 0 Å². The first-order chi connectivity index (χ1) is 10.8. The first kappa shape index (κ1) is 12.6. The fraction of sp³-hybridized carbons (Fsp3) is 0.0588. The number of hydrogen-bond donors (Lipinski definition) is 0. The van der Waals surface area contributed by atoms with Gasteiger partial charge in [0.2, 0.25) is 0 Å². The van der Waals surface area contributed by atoms with Gasteiger partial charge >= 0.3 is 0 Å². The highest BCUT2D eigenvalue weighted by molar-refractivity contribution is 5.92. The van der Waals surface area contributed by atoms with Crippen molar-refractivity contribution in [3.05, 3.63) is 66.9 Å². The molecule has 0 fully saturated rings. The van der Waals surface area contributed by atoms with Crippen molar-refractivity contribution in [2.24, 2.45) is 0 Å². The van der Waals surface area contributed by atoms with Crippen LogP contribution in [-0.2, 0) is 0 Å². The molecule has 3 heterocycles. The van der Waals surface area contributed by atoms with Crippen LogP contribution in [0.25, 0.3) is 28.0 Å². The molecule has 0 bridgehead atoms. The molecule has 106 valence electrons. The zero-order valence-electron chi connectivity index (χ0n) is 12.0. The number of aryl methyl sites for hydroxylation is 1. The average Bonchev–Trinajstić information content (AvgIpc) is 3.01. The van der Waals surface area contributed by atoms with E-state index in [0.717, 1.165) is 33.5 Å². The van der Waals surface area contributed by atoms with Crippen LogP contribution in [-0.4, -0.2) is 24.7 Å². The monoisotopic (exact) mass is 287 g/mol. The summed E-state index contributed by atoms with van der Waals surface area (Å²) in [6.07, 6.45) is 7.10. The molecular weight excluding hydrogens is 274 g/mol.